The summed E-state index contributed by atoms with van der Waals surface area (Å²) >= 11 is 0. The molecule has 1 aromatic carbocycles. The van der Waals surface area contributed by atoms with Crippen LogP contribution in [0, 0.1) is 0 Å². The molecule has 0 bridgehead atoms. The molecule has 0 aliphatic heterocycles. The predicted octanol–water partition coefficient (Wildman–Crippen LogP) is 8.08. The van der Waals surface area contributed by atoms with E-state index in [1.807, 2.05) is 4.54 Å². The van der Waals surface area contributed by atoms with Crippen LogP contribution < -0.4 is 5.30 Å². The fraction of sp³-hybridized carbons (Fsp3) is 0.720. The molecule has 0 radical (unpaired) electrons. The van der Waals surface area contributed by atoms with Gasteiger partial charge in [0.15, 0.2) is 0 Å². The average molecular weight is 435 g/mol. The van der Waals surface area contributed by atoms with Crippen molar-refractivity contribution >= 4 is 34.2 Å². The van der Waals surface area contributed by atoms with E-state index < -0.39 is 16.1 Å². The van der Waals surface area contributed by atoms with Crippen molar-refractivity contribution in [2.24, 2.45) is 0 Å². The molecule has 0 N–H and O–H groups in total. The molecule has 0 aliphatic rings. The van der Waals surface area contributed by atoms with Crippen LogP contribution in [0.5, 0.6) is 0 Å². The number of hydrogen-bond donors (Lipinski definition) is 0. The molecule has 0 amide bonds. The molecular formula is C25H47PSi2. The highest BCUT2D eigenvalue weighted by atomic mass is 31.1. The molecule has 0 aromatic heterocycles. The monoisotopic (exact) mass is 434 g/mol. The summed E-state index contributed by atoms with van der Waals surface area (Å²) in [5.74, 6) is 0. The van der Waals surface area contributed by atoms with Crippen LogP contribution >= 0.6 is 8.20 Å². The SMILES string of the molecule is CC(C)(C)c1cc(C(C)(C)C)c(P=C([Si](C)(C)C)[Si](C)(C)C)c(C(C)(C)C)c1. The maximum Gasteiger partial charge on any atom is 0.0735 e. The van der Waals surface area contributed by atoms with E-state index in [1.165, 1.54) is 13.8 Å². The Hall–Kier alpha value is -0.176. The van der Waals surface area contributed by atoms with Crippen molar-refractivity contribution in [2.75, 3.05) is 0 Å². The van der Waals surface area contributed by atoms with Crippen LogP contribution in [0.25, 0.3) is 0 Å². The predicted molar refractivity (Wildman–Crippen MR) is 141 cm³/mol. The Kier molecular flexibility index (Phi) is 7.22. The van der Waals surface area contributed by atoms with Crippen LogP contribution in [0.4, 0.5) is 0 Å². The summed E-state index contributed by atoms with van der Waals surface area (Å²) < 4.78 is 1.89. The molecule has 0 aliphatic carbocycles. The van der Waals surface area contributed by atoms with Crippen LogP contribution in [0.3, 0.4) is 0 Å². The van der Waals surface area contributed by atoms with Crippen molar-refractivity contribution in [3.63, 3.8) is 0 Å². The van der Waals surface area contributed by atoms with Crippen LogP contribution in [0.15, 0.2) is 12.1 Å². The van der Waals surface area contributed by atoms with Gasteiger partial charge in [-0.3, -0.25) is 0 Å². The third-order valence-corrected chi connectivity index (χ3v) is 18.2. The molecule has 0 saturated heterocycles. The lowest BCUT2D eigenvalue weighted by Crippen LogP contribution is -2.49. The lowest BCUT2D eigenvalue weighted by Gasteiger charge is -2.35. The van der Waals surface area contributed by atoms with Gasteiger partial charge in [0.1, 0.15) is 0 Å². The summed E-state index contributed by atoms with van der Waals surface area (Å²) in [6.45, 7) is 36.7. The minimum absolute atomic E-state index is 0.146. The van der Waals surface area contributed by atoms with Crippen molar-refractivity contribution in [3.8, 4) is 0 Å². The van der Waals surface area contributed by atoms with Gasteiger partial charge in [-0.2, -0.15) is 0 Å². The third kappa shape index (κ3) is 6.41. The van der Waals surface area contributed by atoms with Crippen LogP contribution in [-0.2, 0) is 16.2 Å². The normalized spacial score (nSPS) is 14.5. The molecular weight excluding hydrogens is 387 g/mol. The second-order valence-electron chi connectivity index (χ2n) is 13.6. The molecule has 0 heterocycles. The summed E-state index contributed by atoms with van der Waals surface area (Å²) in [6, 6.07) is 5.06. The Morgan fingerprint density at radius 1 is 0.607 bits per heavy atom. The van der Waals surface area contributed by atoms with E-state index in [2.05, 4.69) is 114 Å². The van der Waals surface area contributed by atoms with E-state index in [0.29, 0.717) is 0 Å². The van der Waals surface area contributed by atoms with Crippen molar-refractivity contribution < 1.29 is 0 Å². The van der Waals surface area contributed by atoms with Gasteiger partial charge in [0, 0.05) is 5.30 Å². The molecule has 0 saturated carbocycles. The van der Waals surface area contributed by atoms with Crippen LogP contribution in [0.2, 0.25) is 39.3 Å². The maximum atomic E-state index is 2.55. The lowest BCUT2D eigenvalue weighted by atomic mass is 9.75. The summed E-state index contributed by atoms with van der Waals surface area (Å²) in [5, 5.41) is 1.60. The van der Waals surface area contributed by atoms with E-state index in [0.717, 1.165) is 0 Å². The Morgan fingerprint density at radius 2 is 0.929 bits per heavy atom. The van der Waals surface area contributed by atoms with E-state index in [1.54, 1.807) is 16.4 Å². The highest BCUT2D eigenvalue weighted by Gasteiger charge is 2.34. The molecule has 3 heteroatoms. The first-order chi connectivity index (χ1) is 12.1. The average Bonchev–Trinajstić information content (AvgIpc) is 2.38. The zero-order valence-corrected chi connectivity index (χ0v) is 24.5. The zero-order valence-electron chi connectivity index (χ0n) is 21.6. The number of hydrogen-bond acceptors (Lipinski definition) is 0. The fourth-order valence-electron chi connectivity index (χ4n) is 3.90. The van der Waals surface area contributed by atoms with Crippen LogP contribution in [-0.4, -0.2) is 20.7 Å². The minimum Gasteiger partial charge on any atom is -0.0773 e. The zero-order chi connectivity index (χ0) is 22.5. The second kappa shape index (κ2) is 7.82. The number of benzene rings is 1. The fourth-order valence-corrected chi connectivity index (χ4v) is 17.5. The van der Waals surface area contributed by atoms with Gasteiger partial charge in [0.25, 0.3) is 0 Å². The van der Waals surface area contributed by atoms with Crippen molar-refractivity contribution in [1.82, 2.24) is 0 Å². The summed E-state index contributed by atoms with van der Waals surface area (Å²) in [4.78, 5) is 0. The van der Waals surface area contributed by atoms with Crippen LogP contribution in [0.1, 0.15) is 79.0 Å². The molecule has 1 aromatic rings. The van der Waals surface area contributed by atoms with Gasteiger partial charge in [0.05, 0.1) is 16.1 Å². The largest absolute Gasteiger partial charge is 0.0773 e. The third-order valence-electron chi connectivity index (χ3n) is 5.24. The van der Waals surface area contributed by atoms with Gasteiger partial charge in [-0.25, -0.2) is 0 Å². The first-order valence-electron chi connectivity index (χ1n) is 10.9. The standard InChI is InChI=1S/C25H47PSi2/c1-23(2,3)18-16-19(24(4,5)6)21(20(17-18)25(7,8)9)26-22(27(10,11)12)28(13,14)15/h16-17H,1-15H3. The summed E-state index contributed by atoms with van der Waals surface area (Å²) in [6.07, 6.45) is 0. The van der Waals surface area contributed by atoms with Crippen molar-refractivity contribution in [3.05, 3.63) is 28.8 Å². The Labute approximate surface area is 180 Å². The number of rotatable bonds is 3. The molecule has 160 valence electrons. The molecule has 0 unspecified atom stereocenters. The van der Waals surface area contributed by atoms with E-state index >= 15 is 0 Å². The van der Waals surface area contributed by atoms with Gasteiger partial charge >= 0.3 is 0 Å². The van der Waals surface area contributed by atoms with Gasteiger partial charge in [0.2, 0.25) is 0 Å². The molecule has 28 heavy (non-hydrogen) atoms. The van der Waals surface area contributed by atoms with Crippen molar-refractivity contribution in [1.29, 1.82) is 0 Å². The first-order valence-corrected chi connectivity index (χ1v) is 18.7. The smallest absolute Gasteiger partial charge is 0.0735 e. The Bertz CT molecular complexity index is 686. The highest BCUT2D eigenvalue weighted by molar-refractivity contribution is 7.67. The quantitative estimate of drug-likeness (QED) is 0.333. The second-order valence-corrected chi connectivity index (χ2v) is 26.1. The van der Waals surface area contributed by atoms with Crippen molar-refractivity contribution in [2.45, 2.75) is 118 Å². The maximum absolute atomic E-state index is 2.55. The van der Waals surface area contributed by atoms with E-state index in [9.17, 15) is 0 Å². The molecule has 0 nitrogen and oxygen atoms in total. The first kappa shape index (κ1) is 25.9. The summed E-state index contributed by atoms with van der Waals surface area (Å²) in [5.41, 5.74) is 5.05. The summed E-state index contributed by atoms with van der Waals surface area (Å²) in [7, 11) is -1.19. The van der Waals surface area contributed by atoms with Gasteiger partial charge in [-0.05, 0) is 32.9 Å². The van der Waals surface area contributed by atoms with E-state index in [-0.39, 0.29) is 16.2 Å². The molecule has 0 fully saturated rings. The van der Waals surface area contributed by atoms with Gasteiger partial charge in [-0.15, -0.1) is 0 Å². The lowest BCUT2D eigenvalue weighted by molar-refractivity contribution is 0.554. The van der Waals surface area contributed by atoms with E-state index in [4.69, 9.17) is 0 Å². The van der Waals surface area contributed by atoms with Gasteiger partial charge in [-0.1, -0.05) is 126 Å². The Morgan fingerprint density at radius 3 is 1.14 bits per heavy atom. The molecule has 0 spiro atoms. The topological polar surface area (TPSA) is 0 Å². The Balaban J connectivity index is 4.14. The highest BCUT2D eigenvalue weighted by Crippen LogP contribution is 2.36. The minimum atomic E-state index is -1.35. The molecule has 0 atom stereocenters. The molecule has 1 rings (SSSR count). The van der Waals surface area contributed by atoms with Gasteiger partial charge < -0.3 is 0 Å².